The molecule has 0 aliphatic carbocycles. The Hall–Kier alpha value is -1.02. The van der Waals surface area contributed by atoms with E-state index in [-0.39, 0.29) is 12.7 Å². The van der Waals surface area contributed by atoms with Gasteiger partial charge in [0, 0.05) is 6.61 Å². The minimum Gasteiger partial charge on any atom is -0.409 e. The van der Waals surface area contributed by atoms with Crippen molar-refractivity contribution in [3.8, 4) is 0 Å². The lowest BCUT2D eigenvalue weighted by Crippen LogP contribution is -2.40. The molecule has 106 valence electrons. The van der Waals surface area contributed by atoms with Gasteiger partial charge in [-0.05, 0) is 19.3 Å². The zero-order chi connectivity index (χ0) is 13.6. The lowest BCUT2D eigenvalue weighted by molar-refractivity contribution is -0.172. The predicted molar refractivity (Wildman–Crippen MR) is 57.4 cm³/mol. The predicted octanol–water partition coefficient (Wildman–Crippen LogP) is 1.50. The molecule has 18 heavy (non-hydrogen) atoms. The summed E-state index contributed by atoms with van der Waals surface area (Å²) >= 11 is 0. The summed E-state index contributed by atoms with van der Waals surface area (Å²) in [4.78, 5) is 0. The second kappa shape index (κ2) is 6.79. The number of hydrogen-bond donors (Lipinski definition) is 2. The SMILES string of the molecule is NC(=NO)C(COCC1CCCCO1)C(F)(F)F. The Kier molecular flexibility index (Phi) is 5.67. The molecule has 0 saturated carbocycles. The Bertz CT molecular complexity index is 278. The Morgan fingerprint density at radius 3 is 2.72 bits per heavy atom. The smallest absolute Gasteiger partial charge is 0.401 e. The highest BCUT2D eigenvalue weighted by molar-refractivity contribution is 5.83. The van der Waals surface area contributed by atoms with E-state index in [4.69, 9.17) is 20.4 Å². The van der Waals surface area contributed by atoms with E-state index in [1.54, 1.807) is 0 Å². The molecule has 2 unspecified atom stereocenters. The fourth-order valence-corrected chi connectivity index (χ4v) is 1.67. The molecule has 1 rings (SSSR count). The van der Waals surface area contributed by atoms with Crippen molar-refractivity contribution in [2.24, 2.45) is 16.8 Å². The monoisotopic (exact) mass is 270 g/mol. The van der Waals surface area contributed by atoms with Gasteiger partial charge in [0.2, 0.25) is 0 Å². The highest BCUT2D eigenvalue weighted by Crippen LogP contribution is 2.27. The van der Waals surface area contributed by atoms with Gasteiger partial charge in [-0.1, -0.05) is 5.16 Å². The average molecular weight is 270 g/mol. The lowest BCUT2D eigenvalue weighted by Gasteiger charge is -2.24. The second-order valence-electron chi connectivity index (χ2n) is 4.15. The van der Waals surface area contributed by atoms with Crippen molar-refractivity contribution >= 4 is 5.84 Å². The molecule has 1 fully saturated rings. The zero-order valence-electron chi connectivity index (χ0n) is 9.82. The standard InChI is InChI=1S/C10H17F3N2O3/c11-10(12,13)8(9(14)15-16)6-17-5-7-3-1-2-4-18-7/h7-8,16H,1-6H2,(H2,14,15). The molecular weight excluding hydrogens is 253 g/mol. The molecular formula is C10H17F3N2O3. The summed E-state index contributed by atoms with van der Waals surface area (Å²) in [6.45, 7) is 0.0293. The van der Waals surface area contributed by atoms with Crippen molar-refractivity contribution in [3.63, 3.8) is 0 Å². The molecule has 3 N–H and O–H groups in total. The van der Waals surface area contributed by atoms with Gasteiger partial charge in [-0.15, -0.1) is 0 Å². The molecule has 0 spiro atoms. The summed E-state index contributed by atoms with van der Waals surface area (Å²) < 4.78 is 47.9. The van der Waals surface area contributed by atoms with E-state index in [2.05, 4.69) is 5.16 Å². The summed E-state index contributed by atoms with van der Waals surface area (Å²) in [6, 6.07) is 0. The van der Waals surface area contributed by atoms with Crippen molar-refractivity contribution in [2.45, 2.75) is 31.5 Å². The third-order valence-corrected chi connectivity index (χ3v) is 2.73. The van der Waals surface area contributed by atoms with E-state index >= 15 is 0 Å². The third kappa shape index (κ3) is 4.69. The Labute approximate surface area is 103 Å². The maximum atomic E-state index is 12.5. The molecule has 0 amide bonds. The van der Waals surface area contributed by atoms with Gasteiger partial charge in [-0.2, -0.15) is 13.2 Å². The highest BCUT2D eigenvalue weighted by Gasteiger charge is 2.43. The molecule has 1 saturated heterocycles. The van der Waals surface area contributed by atoms with Gasteiger partial charge in [-0.25, -0.2) is 0 Å². The zero-order valence-corrected chi connectivity index (χ0v) is 9.82. The Balaban J connectivity index is 2.37. The van der Waals surface area contributed by atoms with Gasteiger partial charge in [-0.3, -0.25) is 0 Å². The molecule has 0 aromatic rings. The average Bonchev–Trinajstić information content (AvgIpc) is 2.33. The van der Waals surface area contributed by atoms with Crippen LogP contribution in [0.2, 0.25) is 0 Å². The van der Waals surface area contributed by atoms with E-state index in [1.807, 2.05) is 0 Å². The van der Waals surface area contributed by atoms with E-state index < -0.39 is 24.5 Å². The molecule has 1 aliphatic heterocycles. The van der Waals surface area contributed by atoms with Crippen LogP contribution in [0.3, 0.4) is 0 Å². The third-order valence-electron chi connectivity index (χ3n) is 2.73. The number of halogens is 3. The number of amidine groups is 1. The summed E-state index contributed by atoms with van der Waals surface area (Å²) in [7, 11) is 0. The maximum Gasteiger partial charge on any atom is 0.401 e. The number of hydrogen-bond acceptors (Lipinski definition) is 4. The van der Waals surface area contributed by atoms with Crippen molar-refractivity contribution in [3.05, 3.63) is 0 Å². The van der Waals surface area contributed by atoms with Gasteiger partial charge in [0.15, 0.2) is 5.84 Å². The van der Waals surface area contributed by atoms with E-state index in [0.29, 0.717) is 6.61 Å². The summed E-state index contributed by atoms with van der Waals surface area (Å²) in [5.41, 5.74) is 4.99. The van der Waals surface area contributed by atoms with E-state index in [1.165, 1.54) is 0 Å². The molecule has 5 nitrogen and oxygen atoms in total. The van der Waals surface area contributed by atoms with Crippen LogP contribution in [-0.4, -0.2) is 43.1 Å². The summed E-state index contributed by atoms with van der Waals surface area (Å²) in [5, 5.41) is 10.7. The van der Waals surface area contributed by atoms with Crippen LogP contribution in [0, 0.1) is 5.92 Å². The molecule has 1 aliphatic rings. The number of oxime groups is 1. The van der Waals surface area contributed by atoms with Crippen molar-refractivity contribution in [1.29, 1.82) is 0 Å². The molecule has 2 atom stereocenters. The minimum atomic E-state index is -4.59. The van der Waals surface area contributed by atoms with Gasteiger partial charge >= 0.3 is 6.18 Å². The lowest BCUT2D eigenvalue weighted by atomic mass is 10.1. The molecule has 8 heteroatoms. The number of alkyl halides is 3. The Morgan fingerprint density at radius 2 is 2.22 bits per heavy atom. The van der Waals surface area contributed by atoms with Crippen LogP contribution < -0.4 is 5.73 Å². The summed E-state index contributed by atoms with van der Waals surface area (Å²) in [5.74, 6) is -2.99. The highest BCUT2D eigenvalue weighted by atomic mass is 19.4. The first-order valence-electron chi connectivity index (χ1n) is 5.68. The van der Waals surface area contributed by atoms with E-state index in [0.717, 1.165) is 19.3 Å². The van der Waals surface area contributed by atoms with Crippen molar-refractivity contribution < 1.29 is 27.9 Å². The first-order chi connectivity index (χ1) is 8.45. The first-order valence-corrected chi connectivity index (χ1v) is 5.68. The van der Waals surface area contributed by atoms with Crippen LogP contribution in [0.4, 0.5) is 13.2 Å². The number of rotatable bonds is 5. The molecule has 0 radical (unpaired) electrons. The summed E-state index contributed by atoms with van der Waals surface area (Å²) in [6.07, 6.45) is -2.04. The van der Waals surface area contributed by atoms with Crippen LogP contribution in [0.15, 0.2) is 5.16 Å². The van der Waals surface area contributed by atoms with Gasteiger partial charge in [0.25, 0.3) is 0 Å². The maximum absolute atomic E-state index is 12.5. The van der Waals surface area contributed by atoms with Gasteiger partial charge < -0.3 is 20.4 Å². The van der Waals surface area contributed by atoms with Crippen LogP contribution in [0.1, 0.15) is 19.3 Å². The van der Waals surface area contributed by atoms with Crippen LogP contribution >= 0.6 is 0 Å². The number of ether oxygens (including phenoxy) is 2. The largest absolute Gasteiger partial charge is 0.409 e. The van der Waals surface area contributed by atoms with E-state index in [9.17, 15) is 13.2 Å². The molecule has 0 bridgehead atoms. The second-order valence-corrected chi connectivity index (χ2v) is 4.15. The fraction of sp³-hybridized carbons (Fsp3) is 0.900. The molecule has 0 aromatic heterocycles. The van der Waals surface area contributed by atoms with Crippen LogP contribution in [0.5, 0.6) is 0 Å². The van der Waals surface area contributed by atoms with Gasteiger partial charge in [0.1, 0.15) is 5.92 Å². The number of nitrogens with two attached hydrogens (primary N) is 1. The quantitative estimate of drug-likeness (QED) is 0.343. The fourth-order valence-electron chi connectivity index (χ4n) is 1.67. The van der Waals surface area contributed by atoms with Crippen LogP contribution in [0.25, 0.3) is 0 Å². The molecule has 0 aromatic carbocycles. The van der Waals surface area contributed by atoms with Crippen LogP contribution in [-0.2, 0) is 9.47 Å². The Morgan fingerprint density at radius 1 is 1.50 bits per heavy atom. The first kappa shape index (κ1) is 15.0. The van der Waals surface area contributed by atoms with Crippen molar-refractivity contribution in [2.75, 3.05) is 19.8 Å². The number of nitrogens with zero attached hydrogens (tertiary/aromatic N) is 1. The molecule has 1 heterocycles. The minimum absolute atomic E-state index is 0.0886. The normalized spacial score (nSPS) is 23.9. The van der Waals surface area contributed by atoms with Crippen molar-refractivity contribution in [1.82, 2.24) is 0 Å². The topological polar surface area (TPSA) is 77.1 Å². The van der Waals surface area contributed by atoms with Gasteiger partial charge in [0.05, 0.1) is 19.3 Å².